The molecule has 5 nitrogen and oxygen atoms in total. The van der Waals surface area contributed by atoms with E-state index in [2.05, 4.69) is 15.2 Å². The van der Waals surface area contributed by atoms with Gasteiger partial charge < -0.3 is 5.11 Å². The summed E-state index contributed by atoms with van der Waals surface area (Å²) in [6.07, 6.45) is 4.04. The van der Waals surface area contributed by atoms with E-state index < -0.39 is 5.97 Å². The Balaban J connectivity index is 1.48. The van der Waals surface area contributed by atoms with Crippen LogP contribution in [0, 0.1) is 5.92 Å². The first-order valence-corrected chi connectivity index (χ1v) is 9.68. The Labute approximate surface area is 147 Å². The van der Waals surface area contributed by atoms with Crippen LogP contribution >= 0.6 is 11.3 Å². The van der Waals surface area contributed by atoms with Crippen molar-refractivity contribution in [3.63, 3.8) is 0 Å². The number of carbonyl (C=O) groups excluding carboxylic acids is 1. The zero-order chi connectivity index (χ0) is 17.1. The Morgan fingerprint density at radius 2 is 2.00 bits per heavy atom. The van der Waals surface area contributed by atoms with Crippen LogP contribution in [0.1, 0.15) is 47.8 Å². The molecule has 132 valence electrons. The minimum absolute atomic E-state index is 0.142. The molecule has 1 aromatic heterocycles. The second kappa shape index (κ2) is 7.76. The van der Waals surface area contributed by atoms with Crippen LogP contribution in [0.4, 0.5) is 0 Å². The summed E-state index contributed by atoms with van der Waals surface area (Å²) in [5, 5.41) is 11.3. The van der Waals surface area contributed by atoms with Gasteiger partial charge in [0.25, 0.3) is 0 Å². The van der Waals surface area contributed by atoms with E-state index in [1.54, 1.807) is 6.92 Å². The number of carboxylic acids is 1. The smallest absolute Gasteiger partial charge is 0.307 e. The lowest BCUT2D eigenvalue weighted by Gasteiger charge is -2.41. The molecule has 2 aliphatic rings. The third kappa shape index (κ3) is 4.23. The highest BCUT2D eigenvalue weighted by molar-refractivity contribution is 7.12. The van der Waals surface area contributed by atoms with Gasteiger partial charge in [0, 0.05) is 19.1 Å². The van der Waals surface area contributed by atoms with E-state index in [0.29, 0.717) is 12.6 Å². The molecule has 3 heterocycles. The van der Waals surface area contributed by atoms with Crippen LogP contribution in [0.2, 0.25) is 0 Å². The number of likely N-dealkylation sites (tertiary alicyclic amines) is 2. The lowest BCUT2D eigenvalue weighted by atomic mass is 9.94. The number of nitrogens with zero attached hydrogens (tertiary/aromatic N) is 2. The van der Waals surface area contributed by atoms with Gasteiger partial charge in [-0.15, -0.1) is 11.3 Å². The van der Waals surface area contributed by atoms with Crippen molar-refractivity contribution in [2.24, 2.45) is 5.92 Å². The fraction of sp³-hybridized carbons (Fsp3) is 0.667. The number of carbonyl (C=O) groups is 2. The Kier molecular flexibility index (Phi) is 5.69. The minimum atomic E-state index is -0.643. The zero-order valence-corrected chi connectivity index (χ0v) is 15.1. The van der Waals surface area contributed by atoms with Crippen LogP contribution in [0.3, 0.4) is 0 Å². The van der Waals surface area contributed by atoms with Crippen LogP contribution in [0.15, 0.2) is 11.4 Å². The molecule has 1 N–H and O–H groups in total. The molecule has 0 aliphatic carbocycles. The predicted octanol–water partition coefficient (Wildman–Crippen LogP) is 2.71. The number of rotatable bonds is 5. The first-order valence-electron chi connectivity index (χ1n) is 8.80. The molecular formula is C18H26N2O3S. The summed E-state index contributed by atoms with van der Waals surface area (Å²) in [6, 6.07) is 2.54. The number of hydrogen-bond donors (Lipinski definition) is 1. The van der Waals surface area contributed by atoms with Crippen molar-refractivity contribution in [3.8, 4) is 0 Å². The maximum absolute atomic E-state index is 11.4. The summed E-state index contributed by atoms with van der Waals surface area (Å²) < 4.78 is 0. The monoisotopic (exact) mass is 350 g/mol. The average molecular weight is 350 g/mol. The van der Waals surface area contributed by atoms with Gasteiger partial charge in [-0.25, -0.2) is 0 Å². The van der Waals surface area contributed by atoms with Gasteiger partial charge in [-0.2, -0.15) is 0 Å². The number of Topliss-reactive ketones (excluding diaryl/α,β-unsaturated/α-hetero) is 1. The fourth-order valence-corrected chi connectivity index (χ4v) is 4.69. The van der Waals surface area contributed by atoms with Gasteiger partial charge in [-0.1, -0.05) is 0 Å². The molecule has 2 fully saturated rings. The van der Waals surface area contributed by atoms with Gasteiger partial charge >= 0.3 is 5.97 Å². The van der Waals surface area contributed by atoms with E-state index in [0.717, 1.165) is 56.7 Å². The molecule has 2 saturated heterocycles. The third-order valence-electron chi connectivity index (χ3n) is 5.28. The van der Waals surface area contributed by atoms with Crippen molar-refractivity contribution in [1.82, 2.24) is 9.80 Å². The van der Waals surface area contributed by atoms with Crippen LogP contribution < -0.4 is 0 Å². The van der Waals surface area contributed by atoms with Crippen LogP contribution in [0.25, 0.3) is 0 Å². The molecule has 1 unspecified atom stereocenters. The number of carboxylic acid groups (broad SMARTS) is 1. The maximum Gasteiger partial charge on any atom is 0.307 e. The van der Waals surface area contributed by atoms with Crippen LogP contribution in [-0.4, -0.2) is 58.9 Å². The van der Waals surface area contributed by atoms with Crippen molar-refractivity contribution in [2.75, 3.05) is 26.2 Å². The van der Waals surface area contributed by atoms with Gasteiger partial charge in [0.05, 0.1) is 10.8 Å². The molecule has 6 heteroatoms. The van der Waals surface area contributed by atoms with Gasteiger partial charge in [0.2, 0.25) is 0 Å². The summed E-state index contributed by atoms with van der Waals surface area (Å²) in [4.78, 5) is 28.3. The normalized spacial score (nSPS) is 24.1. The van der Waals surface area contributed by atoms with Gasteiger partial charge in [0.1, 0.15) is 0 Å². The van der Waals surface area contributed by atoms with E-state index in [1.165, 1.54) is 16.9 Å². The van der Waals surface area contributed by atoms with Crippen LogP contribution in [0.5, 0.6) is 0 Å². The molecule has 0 saturated carbocycles. The minimum Gasteiger partial charge on any atom is -0.481 e. The highest BCUT2D eigenvalue weighted by Crippen LogP contribution is 2.25. The summed E-state index contributed by atoms with van der Waals surface area (Å²) in [5.74, 6) is -0.688. The lowest BCUT2D eigenvalue weighted by molar-refractivity contribution is -0.144. The number of piperidine rings is 2. The predicted molar refractivity (Wildman–Crippen MR) is 94.6 cm³/mol. The molecule has 0 radical (unpaired) electrons. The topological polar surface area (TPSA) is 60.9 Å². The Morgan fingerprint density at radius 1 is 1.25 bits per heavy atom. The van der Waals surface area contributed by atoms with Gasteiger partial charge in [-0.05, 0) is 69.3 Å². The summed E-state index contributed by atoms with van der Waals surface area (Å²) >= 11 is 1.53. The molecule has 0 amide bonds. The second-order valence-electron chi connectivity index (χ2n) is 7.06. The van der Waals surface area contributed by atoms with E-state index >= 15 is 0 Å². The molecular weight excluding hydrogens is 324 g/mol. The Morgan fingerprint density at radius 3 is 2.62 bits per heavy atom. The summed E-state index contributed by atoms with van der Waals surface area (Å²) in [6.45, 7) is 6.38. The zero-order valence-electron chi connectivity index (χ0n) is 14.2. The van der Waals surface area contributed by atoms with Crippen LogP contribution in [-0.2, 0) is 11.3 Å². The van der Waals surface area contributed by atoms with Crippen molar-refractivity contribution in [3.05, 3.63) is 21.9 Å². The highest BCUT2D eigenvalue weighted by atomic mass is 32.1. The SMILES string of the molecule is CC(=O)c1cc(CN2CCC(N3CCCC(C(=O)O)C3)CC2)cs1. The Hall–Kier alpha value is -1.24. The molecule has 0 aromatic carbocycles. The second-order valence-corrected chi connectivity index (χ2v) is 7.97. The quantitative estimate of drug-likeness (QED) is 0.828. The first kappa shape index (κ1) is 17.6. The molecule has 2 aliphatic heterocycles. The maximum atomic E-state index is 11.4. The van der Waals surface area contributed by atoms with E-state index in [9.17, 15) is 14.7 Å². The lowest BCUT2D eigenvalue weighted by Crippen LogP contribution is -2.49. The van der Waals surface area contributed by atoms with Crippen molar-refractivity contribution in [2.45, 2.75) is 45.2 Å². The first-order chi connectivity index (χ1) is 11.5. The van der Waals surface area contributed by atoms with Crippen molar-refractivity contribution in [1.29, 1.82) is 0 Å². The molecule has 1 atom stereocenters. The van der Waals surface area contributed by atoms with Crippen molar-refractivity contribution >= 4 is 23.1 Å². The number of ketones is 1. The molecule has 1 aromatic rings. The van der Waals surface area contributed by atoms with Gasteiger partial charge in [0.15, 0.2) is 5.78 Å². The van der Waals surface area contributed by atoms with Crippen molar-refractivity contribution < 1.29 is 14.7 Å². The van der Waals surface area contributed by atoms with E-state index in [1.807, 2.05) is 6.07 Å². The third-order valence-corrected chi connectivity index (χ3v) is 6.36. The van der Waals surface area contributed by atoms with E-state index in [-0.39, 0.29) is 11.7 Å². The Bertz CT molecular complexity index is 593. The van der Waals surface area contributed by atoms with Gasteiger partial charge in [-0.3, -0.25) is 19.4 Å². The number of aliphatic carboxylic acids is 1. The number of hydrogen-bond acceptors (Lipinski definition) is 5. The molecule has 3 rings (SSSR count). The molecule has 0 bridgehead atoms. The van der Waals surface area contributed by atoms with E-state index in [4.69, 9.17) is 0 Å². The largest absolute Gasteiger partial charge is 0.481 e. The molecule has 0 spiro atoms. The fourth-order valence-electron chi connectivity index (χ4n) is 3.88. The average Bonchev–Trinajstić information content (AvgIpc) is 3.04. The standard InChI is InChI=1S/C18H26N2O3S/c1-13(21)17-9-14(12-24-17)10-19-7-4-16(5-8-19)20-6-2-3-15(11-20)18(22)23/h9,12,15-16H,2-8,10-11H2,1H3,(H,22,23). The number of thiophene rings is 1. The molecule has 24 heavy (non-hydrogen) atoms. The summed E-state index contributed by atoms with van der Waals surface area (Å²) in [5.41, 5.74) is 1.23. The highest BCUT2D eigenvalue weighted by Gasteiger charge is 2.31. The summed E-state index contributed by atoms with van der Waals surface area (Å²) in [7, 11) is 0.